The monoisotopic (exact) mass is 429 g/mol. The maximum Gasteiger partial charge on any atom is 0.304 e. The van der Waals surface area contributed by atoms with Crippen LogP contribution >= 0.6 is 12.4 Å². The van der Waals surface area contributed by atoms with Crippen LogP contribution in [-0.2, 0) is 17.6 Å². The van der Waals surface area contributed by atoms with Gasteiger partial charge >= 0.3 is 5.97 Å². The Bertz CT molecular complexity index is 820. The fraction of sp³-hybridized carbons (Fsp3) is 0.400. The van der Waals surface area contributed by atoms with Crippen LogP contribution in [0.2, 0.25) is 0 Å². The third kappa shape index (κ3) is 7.85. The number of hydrogen-bond acceptors (Lipinski definition) is 3. The van der Waals surface area contributed by atoms with E-state index in [1.54, 1.807) is 0 Å². The van der Waals surface area contributed by atoms with E-state index >= 15 is 0 Å². The molecule has 162 valence electrons. The number of carboxylic acids is 1. The Morgan fingerprint density at radius 1 is 1.03 bits per heavy atom. The lowest BCUT2D eigenvalue weighted by Crippen LogP contribution is -2.20. The van der Waals surface area contributed by atoms with Crippen LogP contribution in [0.3, 0.4) is 0 Å². The number of ether oxygens (including phenoxy) is 1. The van der Waals surface area contributed by atoms with Crippen molar-refractivity contribution in [1.82, 2.24) is 5.32 Å². The number of carboxylic acid groups (broad SMARTS) is 1. The number of fused-ring (bicyclic) bond motifs is 1. The largest absolute Gasteiger partial charge is 0.494 e. The highest BCUT2D eigenvalue weighted by Gasteiger charge is 2.13. The topological polar surface area (TPSA) is 58.6 Å². The third-order valence-electron chi connectivity index (χ3n) is 5.29. The summed E-state index contributed by atoms with van der Waals surface area (Å²) in [4.78, 5) is 10.6. The molecule has 0 saturated carbocycles. The van der Waals surface area contributed by atoms with Crippen molar-refractivity contribution in [3.05, 3.63) is 71.3 Å². The number of nitrogens with one attached hydrogen (secondary N) is 1. The summed E-state index contributed by atoms with van der Waals surface area (Å²) in [6, 6.07) is 17.0. The normalized spacial score (nSPS) is 12.5. The smallest absolute Gasteiger partial charge is 0.304 e. The van der Waals surface area contributed by atoms with E-state index in [0.29, 0.717) is 6.54 Å². The Morgan fingerprint density at radius 2 is 1.87 bits per heavy atom. The Labute approximate surface area is 185 Å². The highest BCUT2D eigenvalue weighted by atomic mass is 35.5. The molecule has 5 heteroatoms. The van der Waals surface area contributed by atoms with Crippen molar-refractivity contribution in [1.29, 1.82) is 0 Å². The van der Waals surface area contributed by atoms with E-state index in [0.717, 1.165) is 57.4 Å². The molecule has 4 nitrogen and oxygen atoms in total. The lowest BCUT2D eigenvalue weighted by Gasteiger charge is -2.19. The standard InChI is InChI=1S/C25H31NO3.ClH/c27-25(28)15-17-26-16-14-21-10-6-11-22-19-23(12-13-24(21)22)29-18-5-4-9-20-7-2-1-3-8-20;/h1-3,7-8,10,12-13,19,26H,4-6,9,11,14-18H2,(H,27,28);1H. The van der Waals surface area contributed by atoms with Crippen molar-refractivity contribution in [2.24, 2.45) is 0 Å². The molecular formula is C25H32ClNO3. The number of rotatable bonds is 12. The van der Waals surface area contributed by atoms with Gasteiger partial charge in [-0.3, -0.25) is 4.79 Å². The lowest BCUT2D eigenvalue weighted by molar-refractivity contribution is -0.136. The van der Waals surface area contributed by atoms with Crippen molar-refractivity contribution in [3.8, 4) is 5.75 Å². The molecule has 0 radical (unpaired) electrons. The molecule has 2 aromatic rings. The van der Waals surface area contributed by atoms with E-state index in [2.05, 4.69) is 59.9 Å². The second-order valence-electron chi connectivity index (χ2n) is 7.52. The first-order valence-corrected chi connectivity index (χ1v) is 10.6. The number of aliphatic carboxylic acids is 1. The Morgan fingerprint density at radius 3 is 2.67 bits per heavy atom. The summed E-state index contributed by atoms with van der Waals surface area (Å²) in [7, 11) is 0. The number of aryl methyl sites for hydroxylation is 2. The second kappa shape index (κ2) is 13.1. The molecule has 1 aliphatic rings. The third-order valence-corrected chi connectivity index (χ3v) is 5.29. The number of benzene rings is 2. The van der Waals surface area contributed by atoms with Gasteiger partial charge in [-0.05, 0) is 79.5 Å². The summed E-state index contributed by atoms with van der Waals surface area (Å²) in [5.41, 5.74) is 5.41. The molecule has 0 aromatic heterocycles. The van der Waals surface area contributed by atoms with Gasteiger partial charge in [-0.25, -0.2) is 0 Å². The maximum atomic E-state index is 10.6. The molecule has 2 aromatic carbocycles. The van der Waals surface area contributed by atoms with Crippen molar-refractivity contribution in [2.45, 2.75) is 44.9 Å². The van der Waals surface area contributed by atoms with Crippen LogP contribution in [0.5, 0.6) is 5.75 Å². The molecule has 0 atom stereocenters. The van der Waals surface area contributed by atoms with Gasteiger partial charge in [0.25, 0.3) is 0 Å². The van der Waals surface area contributed by atoms with Crippen LogP contribution in [0.25, 0.3) is 5.57 Å². The van der Waals surface area contributed by atoms with Crippen LogP contribution in [0, 0.1) is 0 Å². The van der Waals surface area contributed by atoms with Crippen molar-refractivity contribution in [2.75, 3.05) is 19.7 Å². The fourth-order valence-electron chi connectivity index (χ4n) is 3.74. The van der Waals surface area contributed by atoms with Crippen LogP contribution in [-0.4, -0.2) is 30.8 Å². The molecule has 0 fully saturated rings. The minimum Gasteiger partial charge on any atom is -0.494 e. The predicted molar refractivity (Wildman–Crippen MR) is 125 cm³/mol. The highest BCUT2D eigenvalue weighted by molar-refractivity contribution is 5.85. The molecule has 2 N–H and O–H groups in total. The van der Waals surface area contributed by atoms with Crippen LogP contribution in [0.1, 0.15) is 48.8 Å². The van der Waals surface area contributed by atoms with E-state index in [1.807, 2.05) is 0 Å². The first-order chi connectivity index (χ1) is 14.2. The van der Waals surface area contributed by atoms with Gasteiger partial charge in [0, 0.05) is 6.54 Å². The minimum absolute atomic E-state index is 0. The van der Waals surface area contributed by atoms with E-state index in [4.69, 9.17) is 9.84 Å². The average molecular weight is 430 g/mol. The van der Waals surface area contributed by atoms with Crippen molar-refractivity contribution >= 4 is 23.9 Å². The van der Waals surface area contributed by atoms with E-state index in [1.165, 1.54) is 22.3 Å². The average Bonchev–Trinajstić information content (AvgIpc) is 2.73. The van der Waals surface area contributed by atoms with Gasteiger partial charge in [0.05, 0.1) is 13.0 Å². The van der Waals surface area contributed by atoms with Gasteiger partial charge in [0.1, 0.15) is 5.75 Å². The number of unbranched alkanes of at least 4 members (excludes halogenated alkanes) is 1. The van der Waals surface area contributed by atoms with Crippen LogP contribution < -0.4 is 10.1 Å². The Kier molecular flexibility index (Phi) is 10.5. The summed E-state index contributed by atoms with van der Waals surface area (Å²) in [6.07, 6.45) is 8.80. The van der Waals surface area contributed by atoms with E-state index < -0.39 is 5.97 Å². The molecule has 0 bridgehead atoms. The Hall–Kier alpha value is -2.30. The molecule has 0 heterocycles. The zero-order valence-electron chi connectivity index (χ0n) is 17.4. The van der Waals surface area contributed by atoms with Gasteiger partial charge in [0.15, 0.2) is 0 Å². The summed E-state index contributed by atoms with van der Waals surface area (Å²) < 4.78 is 5.99. The summed E-state index contributed by atoms with van der Waals surface area (Å²) in [5.74, 6) is 0.205. The van der Waals surface area contributed by atoms with E-state index in [9.17, 15) is 4.79 Å². The van der Waals surface area contributed by atoms with Crippen LogP contribution in [0.15, 0.2) is 54.6 Å². The molecule has 0 aliphatic heterocycles. The molecule has 3 rings (SSSR count). The molecule has 30 heavy (non-hydrogen) atoms. The van der Waals surface area contributed by atoms with Gasteiger partial charge < -0.3 is 15.2 Å². The zero-order chi connectivity index (χ0) is 20.3. The fourth-order valence-corrected chi connectivity index (χ4v) is 3.74. The van der Waals surface area contributed by atoms with Gasteiger partial charge in [-0.1, -0.05) is 42.5 Å². The van der Waals surface area contributed by atoms with Gasteiger partial charge in [-0.2, -0.15) is 0 Å². The van der Waals surface area contributed by atoms with Gasteiger partial charge in [-0.15, -0.1) is 12.4 Å². The SMILES string of the molecule is Cl.O=C(O)CCNCCC1=CCCc2cc(OCCCCc3ccccc3)ccc21. The lowest BCUT2D eigenvalue weighted by atomic mass is 9.89. The molecule has 1 aliphatic carbocycles. The first-order valence-electron chi connectivity index (χ1n) is 10.6. The van der Waals surface area contributed by atoms with Crippen LogP contribution in [0.4, 0.5) is 0 Å². The van der Waals surface area contributed by atoms with Crippen molar-refractivity contribution in [3.63, 3.8) is 0 Å². The first kappa shape index (κ1) is 24.0. The molecule has 0 unspecified atom stereocenters. The summed E-state index contributed by atoms with van der Waals surface area (Å²) >= 11 is 0. The molecular weight excluding hydrogens is 398 g/mol. The summed E-state index contributed by atoms with van der Waals surface area (Å²) in [6.45, 7) is 2.08. The number of allylic oxidation sites excluding steroid dienone is 1. The maximum absolute atomic E-state index is 10.6. The number of carbonyl (C=O) groups is 1. The van der Waals surface area contributed by atoms with Crippen molar-refractivity contribution < 1.29 is 14.6 Å². The number of halogens is 1. The Balaban J connectivity index is 0.00000320. The van der Waals surface area contributed by atoms with Gasteiger partial charge in [0.2, 0.25) is 0 Å². The highest BCUT2D eigenvalue weighted by Crippen LogP contribution is 2.31. The summed E-state index contributed by atoms with van der Waals surface area (Å²) in [5, 5.41) is 11.9. The predicted octanol–water partition coefficient (Wildman–Crippen LogP) is 5.29. The zero-order valence-corrected chi connectivity index (χ0v) is 18.3. The number of hydrogen-bond donors (Lipinski definition) is 2. The quantitative estimate of drug-likeness (QED) is 0.450. The molecule has 0 amide bonds. The molecule has 0 saturated heterocycles. The second-order valence-corrected chi connectivity index (χ2v) is 7.52. The molecule has 0 spiro atoms. The van der Waals surface area contributed by atoms with E-state index in [-0.39, 0.29) is 18.8 Å². The minimum atomic E-state index is -0.757.